The second-order valence-corrected chi connectivity index (χ2v) is 5.34. The highest BCUT2D eigenvalue weighted by molar-refractivity contribution is 5.87. The lowest BCUT2D eigenvalue weighted by atomic mass is 10.2. The number of amides is 1. The molecule has 0 aliphatic rings. The second kappa shape index (κ2) is 9.18. The van der Waals surface area contributed by atoms with Crippen molar-refractivity contribution in [3.8, 4) is 11.5 Å². The van der Waals surface area contributed by atoms with Gasteiger partial charge in [0.1, 0.15) is 11.5 Å². The molecule has 2 rings (SSSR count). The molecular formula is C18H18N2O7. The largest absolute Gasteiger partial charge is 0.482 e. The van der Waals surface area contributed by atoms with Crippen molar-refractivity contribution in [3.05, 3.63) is 58.1 Å². The first-order valence-electron chi connectivity index (χ1n) is 8.01. The third kappa shape index (κ3) is 5.99. The normalized spacial score (nSPS) is 10.0. The third-order valence-electron chi connectivity index (χ3n) is 3.35. The molecule has 0 spiro atoms. The molecule has 2 aromatic carbocycles. The number of hydrogen-bond donors (Lipinski definition) is 1. The first-order valence-corrected chi connectivity index (χ1v) is 8.01. The van der Waals surface area contributed by atoms with E-state index in [0.29, 0.717) is 17.0 Å². The Kier molecular flexibility index (Phi) is 6.70. The molecule has 1 N–H and O–H groups in total. The standard InChI is InChI=1S/C18H18N2O7/c1-3-25-17(21)11-26-15-8-9-16(12(2)10-15)19-18(22)27-14-6-4-13(5-7-14)20(23)24/h4-10H,3,11H2,1-2H3,(H,19,22). The van der Waals surface area contributed by atoms with Gasteiger partial charge in [0.15, 0.2) is 6.61 Å². The Morgan fingerprint density at radius 2 is 1.78 bits per heavy atom. The fraction of sp³-hybridized carbons (Fsp3) is 0.222. The Hall–Kier alpha value is -3.62. The fourth-order valence-electron chi connectivity index (χ4n) is 2.09. The van der Waals surface area contributed by atoms with Crippen molar-refractivity contribution in [2.24, 2.45) is 0 Å². The molecular weight excluding hydrogens is 356 g/mol. The van der Waals surface area contributed by atoms with Crippen LogP contribution in [0.3, 0.4) is 0 Å². The van der Waals surface area contributed by atoms with E-state index >= 15 is 0 Å². The van der Waals surface area contributed by atoms with Gasteiger partial charge in [0.05, 0.1) is 11.5 Å². The predicted molar refractivity (Wildman–Crippen MR) is 96.1 cm³/mol. The lowest BCUT2D eigenvalue weighted by Gasteiger charge is -2.11. The maximum atomic E-state index is 12.0. The van der Waals surface area contributed by atoms with Gasteiger partial charge in [-0.2, -0.15) is 0 Å². The van der Waals surface area contributed by atoms with Gasteiger partial charge in [0.25, 0.3) is 5.69 Å². The summed E-state index contributed by atoms with van der Waals surface area (Å²) in [5.41, 5.74) is 1.08. The first-order chi connectivity index (χ1) is 12.9. The molecule has 0 atom stereocenters. The van der Waals surface area contributed by atoms with Gasteiger partial charge in [-0.25, -0.2) is 9.59 Å². The molecule has 0 fully saturated rings. The van der Waals surface area contributed by atoms with Gasteiger partial charge in [0.2, 0.25) is 0 Å². The van der Waals surface area contributed by atoms with Gasteiger partial charge < -0.3 is 14.2 Å². The Bertz CT molecular complexity index is 834. The number of carbonyl (C=O) groups is 2. The maximum Gasteiger partial charge on any atom is 0.417 e. The summed E-state index contributed by atoms with van der Waals surface area (Å²) in [6.45, 7) is 3.53. The lowest BCUT2D eigenvalue weighted by Crippen LogP contribution is -2.17. The molecule has 1 amide bonds. The van der Waals surface area contributed by atoms with Crippen LogP contribution in [-0.4, -0.2) is 30.2 Å². The van der Waals surface area contributed by atoms with Crippen molar-refractivity contribution in [3.63, 3.8) is 0 Å². The van der Waals surface area contributed by atoms with Crippen LogP contribution in [-0.2, 0) is 9.53 Å². The van der Waals surface area contributed by atoms with Crippen LogP contribution in [0, 0.1) is 17.0 Å². The highest BCUT2D eigenvalue weighted by atomic mass is 16.6. The average molecular weight is 374 g/mol. The maximum absolute atomic E-state index is 12.0. The number of rotatable bonds is 7. The molecule has 0 aliphatic carbocycles. The zero-order chi connectivity index (χ0) is 19.8. The molecule has 0 aliphatic heterocycles. The van der Waals surface area contributed by atoms with Crippen molar-refractivity contribution in [1.82, 2.24) is 0 Å². The molecule has 0 radical (unpaired) electrons. The number of non-ortho nitro benzene ring substituents is 1. The molecule has 0 saturated heterocycles. The number of nitro benzene ring substituents is 1. The van der Waals surface area contributed by atoms with E-state index in [0.717, 1.165) is 0 Å². The molecule has 9 heteroatoms. The fourth-order valence-corrected chi connectivity index (χ4v) is 2.09. The summed E-state index contributed by atoms with van der Waals surface area (Å²) in [6, 6.07) is 9.99. The van der Waals surface area contributed by atoms with E-state index in [-0.39, 0.29) is 24.7 Å². The van der Waals surface area contributed by atoms with Crippen LogP contribution in [0.4, 0.5) is 16.2 Å². The topological polar surface area (TPSA) is 117 Å². The number of carbonyl (C=O) groups excluding carboxylic acids is 2. The van der Waals surface area contributed by atoms with Crippen molar-refractivity contribution in [2.45, 2.75) is 13.8 Å². The van der Waals surface area contributed by atoms with E-state index in [1.54, 1.807) is 32.0 Å². The van der Waals surface area contributed by atoms with Crippen LogP contribution in [0.2, 0.25) is 0 Å². The van der Waals surface area contributed by atoms with Gasteiger partial charge in [0, 0.05) is 17.8 Å². The van der Waals surface area contributed by atoms with Crippen LogP contribution in [0.5, 0.6) is 11.5 Å². The van der Waals surface area contributed by atoms with Crippen molar-refractivity contribution in [1.29, 1.82) is 0 Å². The van der Waals surface area contributed by atoms with Crippen molar-refractivity contribution < 1.29 is 28.7 Å². The number of nitro groups is 1. The summed E-state index contributed by atoms with van der Waals surface area (Å²) in [5.74, 6) is 0.156. The van der Waals surface area contributed by atoms with Crippen molar-refractivity contribution >= 4 is 23.4 Å². The van der Waals surface area contributed by atoms with Gasteiger partial charge in [-0.05, 0) is 49.7 Å². The molecule has 0 saturated carbocycles. The predicted octanol–water partition coefficient (Wildman–Crippen LogP) is 3.46. The Labute approximate surface area is 155 Å². The summed E-state index contributed by atoms with van der Waals surface area (Å²) >= 11 is 0. The van der Waals surface area contributed by atoms with Crippen LogP contribution in [0.25, 0.3) is 0 Å². The Morgan fingerprint density at radius 1 is 1.11 bits per heavy atom. The summed E-state index contributed by atoms with van der Waals surface area (Å²) in [7, 11) is 0. The molecule has 0 unspecified atom stereocenters. The number of ether oxygens (including phenoxy) is 3. The number of aryl methyl sites for hydroxylation is 1. The average Bonchev–Trinajstić information content (AvgIpc) is 2.62. The van der Waals surface area contributed by atoms with Gasteiger partial charge >= 0.3 is 12.1 Å². The second-order valence-electron chi connectivity index (χ2n) is 5.34. The summed E-state index contributed by atoms with van der Waals surface area (Å²) in [4.78, 5) is 33.3. The summed E-state index contributed by atoms with van der Waals surface area (Å²) < 4.78 is 15.2. The number of anilines is 1. The Balaban J connectivity index is 1.93. The summed E-state index contributed by atoms with van der Waals surface area (Å²) in [5, 5.41) is 13.2. The number of nitrogens with one attached hydrogen (secondary N) is 1. The van der Waals surface area contributed by atoms with E-state index in [1.807, 2.05) is 0 Å². The monoisotopic (exact) mass is 374 g/mol. The zero-order valence-corrected chi connectivity index (χ0v) is 14.8. The molecule has 27 heavy (non-hydrogen) atoms. The highest BCUT2D eigenvalue weighted by Crippen LogP contribution is 2.22. The first kappa shape index (κ1) is 19.7. The van der Waals surface area contributed by atoms with E-state index < -0.39 is 17.0 Å². The minimum atomic E-state index is -0.743. The minimum Gasteiger partial charge on any atom is -0.482 e. The van der Waals surface area contributed by atoms with Crippen LogP contribution in [0.1, 0.15) is 12.5 Å². The molecule has 0 bridgehead atoms. The van der Waals surface area contributed by atoms with Gasteiger partial charge in [-0.3, -0.25) is 15.4 Å². The molecule has 2 aromatic rings. The zero-order valence-electron chi connectivity index (χ0n) is 14.8. The quantitative estimate of drug-likeness (QED) is 0.448. The highest BCUT2D eigenvalue weighted by Gasteiger charge is 2.11. The molecule has 0 heterocycles. The van der Waals surface area contributed by atoms with E-state index in [4.69, 9.17) is 14.2 Å². The third-order valence-corrected chi connectivity index (χ3v) is 3.35. The molecule has 142 valence electrons. The number of hydrogen-bond acceptors (Lipinski definition) is 7. The van der Waals surface area contributed by atoms with Crippen molar-refractivity contribution in [2.75, 3.05) is 18.5 Å². The van der Waals surface area contributed by atoms with E-state index in [9.17, 15) is 19.7 Å². The lowest BCUT2D eigenvalue weighted by molar-refractivity contribution is -0.384. The molecule has 0 aromatic heterocycles. The van der Waals surface area contributed by atoms with Crippen LogP contribution < -0.4 is 14.8 Å². The smallest absolute Gasteiger partial charge is 0.417 e. The SMILES string of the molecule is CCOC(=O)COc1ccc(NC(=O)Oc2ccc([N+](=O)[O-])cc2)c(C)c1. The molecule has 9 nitrogen and oxygen atoms in total. The Morgan fingerprint density at radius 3 is 2.37 bits per heavy atom. The number of nitrogens with zero attached hydrogens (tertiary/aromatic N) is 1. The number of esters is 1. The van der Waals surface area contributed by atoms with Gasteiger partial charge in [-0.15, -0.1) is 0 Å². The van der Waals surface area contributed by atoms with E-state index in [2.05, 4.69) is 5.32 Å². The van der Waals surface area contributed by atoms with E-state index in [1.165, 1.54) is 24.3 Å². The van der Waals surface area contributed by atoms with Crippen LogP contribution in [0.15, 0.2) is 42.5 Å². The number of benzene rings is 2. The van der Waals surface area contributed by atoms with Gasteiger partial charge in [-0.1, -0.05) is 0 Å². The van der Waals surface area contributed by atoms with Crippen LogP contribution >= 0.6 is 0 Å². The minimum absolute atomic E-state index is 0.1000. The summed E-state index contributed by atoms with van der Waals surface area (Å²) in [6.07, 6.45) is -0.743.